The SMILES string of the molecule is CSCC(C)(O)CNc1cc(F)ncn1. The monoisotopic (exact) mass is 231 g/mol. The third-order valence-electron chi connectivity index (χ3n) is 1.74. The van der Waals surface area contributed by atoms with E-state index in [9.17, 15) is 9.50 Å². The Morgan fingerprint density at radius 1 is 1.60 bits per heavy atom. The second-order valence-corrected chi connectivity index (χ2v) is 4.38. The average Bonchev–Trinajstić information content (AvgIpc) is 2.15. The van der Waals surface area contributed by atoms with Gasteiger partial charge in [0.25, 0.3) is 0 Å². The molecular weight excluding hydrogens is 217 g/mol. The van der Waals surface area contributed by atoms with Crippen LogP contribution in [0.15, 0.2) is 12.4 Å². The summed E-state index contributed by atoms with van der Waals surface area (Å²) in [6, 6.07) is 1.19. The molecule has 84 valence electrons. The largest absolute Gasteiger partial charge is 0.387 e. The lowest BCUT2D eigenvalue weighted by Crippen LogP contribution is -2.36. The number of halogens is 1. The van der Waals surface area contributed by atoms with Crippen LogP contribution in [-0.4, -0.2) is 39.2 Å². The molecule has 0 aliphatic heterocycles. The summed E-state index contributed by atoms with van der Waals surface area (Å²) in [6.07, 6.45) is 3.06. The predicted molar refractivity (Wildman–Crippen MR) is 59.5 cm³/mol. The summed E-state index contributed by atoms with van der Waals surface area (Å²) in [7, 11) is 0. The van der Waals surface area contributed by atoms with E-state index in [1.807, 2.05) is 6.26 Å². The van der Waals surface area contributed by atoms with Crippen LogP contribution in [0.1, 0.15) is 6.92 Å². The number of hydrogen-bond donors (Lipinski definition) is 2. The molecular formula is C9H14FN3OS. The number of thioether (sulfide) groups is 1. The van der Waals surface area contributed by atoms with Gasteiger partial charge in [0.05, 0.1) is 5.60 Å². The number of anilines is 1. The number of nitrogens with zero attached hydrogens (tertiary/aromatic N) is 2. The first-order valence-corrected chi connectivity index (χ1v) is 5.85. The molecule has 0 fully saturated rings. The van der Waals surface area contributed by atoms with Crippen LogP contribution >= 0.6 is 11.8 Å². The van der Waals surface area contributed by atoms with Gasteiger partial charge in [-0.25, -0.2) is 9.97 Å². The molecule has 1 aromatic heterocycles. The van der Waals surface area contributed by atoms with Crippen LogP contribution in [0.3, 0.4) is 0 Å². The fraction of sp³-hybridized carbons (Fsp3) is 0.556. The van der Waals surface area contributed by atoms with Crippen LogP contribution < -0.4 is 5.32 Å². The first kappa shape index (κ1) is 12.2. The quantitative estimate of drug-likeness (QED) is 0.744. The molecule has 15 heavy (non-hydrogen) atoms. The smallest absolute Gasteiger partial charge is 0.217 e. The number of rotatable bonds is 5. The van der Waals surface area contributed by atoms with E-state index in [0.717, 1.165) is 6.33 Å². The lowest BCUT2D eigenvalue weighted by molar-refractivity contribution is 0.0996. The number of hydrogen-bond acceptors (Lipinski definition) is 5. The maximum Gasteiger partial charge on any atom is 0.217 e. The van der Waals surface area contributed by atoms with Crippen molar-refractivity contribution >= 4 is 17.6 Å². The fourth-order valence-corrected chi connectivity index (χ4v) is 1.80. The predicted octanol–water partition coefficient (Wildman–Crippen LogP) is 1.14. The Morgan fingerprint density at radius 3 is 2.93 bits per heavy atom. The molecule has 2 N–H and O–H groups in total. The number of aromatic nitrogens is 2. The Kier molecular flexibility index (Phi) is 4.28. The molecule has 0 aromatic carbocycles. The molecule has 1 aromatic rings. The molecule has 0 bridgehead atoms. The molecule has 0 saturated carbocycles. The van der Waals surface area contributed by atoms with E-state index in [2.05, 4.69) is 15.3 Å². The lowest BCUT2D eigenvalue weighted by atomic mass is 10.1. The van der Waals surface area contributed by atoms with E-state index in [1.54, 1.807) is 18.7 Å². The zero-order valence-corrected chi connectivity index (χ0v) is 9.51. The third-order valence-corrected chi connectivity index (χ3v) is 2.65. The minimum absolute atomic E-state index is 0.324. The summed E-state index contributed by atoms with van der Waals surface area (Å²) in [4.78, 5) is 7.16. The Bertz CT molecular complexity index is 322. The molecule has 0 aliphatic carbocycles. The minimum atomic E-state index is -0.832. The van der Waals surface area contributed by atoms with Crippen LogP contribution in [0, 0.1) is 5.95 Å². The Labute approximate surface area is 92.3 Å². The Balaban J connectivity index is 2.49. The Morgan fingerprint density at radius 2 is 2.33 bits per heavy atom. The molecule has 1 heterocycles. The van der Waals surface area contributed by atoms with Crippen molar-refractivity contribution in [3.63, 3.8) is 0 Å². The van der Waals surface area contributed by atoms with Gasteiger partial charge in [0.2, 0.25) is 5.95 Å². The lowest BCUT2D eigenvalue weighted by Gasteiger charge is -2.22. The number of nitrogens with one attached hydrogen (secondary N) is 1. The standard InChI is InChI=1S/C9H14FN3OS/c1-9(14,5-15-2)4-11-8-3-7(10)12-6-13-8/h3,6,14H,4-5H2,1-2H3,(H,11,12,13). The van der Waals surface area contributed by atoms with Crippen molar-refractivity contribution in [2.75, 3.05) is 23.9 Å². The van der Waals surface area contributed by atoms with Gasteiger partial charge in [-0.2, -0.15) is 16.2 Å². The highest BCUT2D eigenvalue weighted by Gasteiger charge is 2.19. The molecule has 6 heteroatoms. The van der Waals surface area contributed by atoms with Crippen LogP contribution in [0.25, 0.3) is 0 Å². The molecule has 0 radical (unpaired) electrons. The maximum atomic E-state index is 12.7. The van der Waals surface area contributed by atoms with Gasteiger partial charge in [0, 0.05) is 18.4 Å². The van der Waals surface area contributed by atoms with Crippen LogP contribution in [-0.2, 0) is 0 Å². The maximum absolute atomic E-state index is 12.7. The van der Waals surface area contributed by atoms with Crippen molar-refractivity contribution in [3.8, 4) is 0 Å². The van der Waals surface area contributed by atoms with Gasteiger partial charge in [-0.1, -0.05) is 0 Å². The zero-order valence-electron chi connectivity index (χ0n) is 8.70. The molecule has 0 aliphatic rings. The van der Waals surface area contributed by atoms with Crippen molar-refractivity contribution in [2.24, 2.45) is 0 Å². The van der Waals surface area contributed by atoms with E-state index < -0.39 is 11.5 Å². The van der Waals surface area contributed by atoms with Crippen molar-refractivity contribution in [3.05, 3.63) is 18.3 Å². The van der Waals surface area contributed by atoms with E-state index in [4.69, 9.17) is 0 Å². The molecule has 4 nitrogen and oxygen atoms in total. The molecule has 1 atom stereocenters. The van der Waals surface area contributed by atoms with Gasteiger partial charge < -0.3 is 10.4 Å². The second kappa shape index (κ2) is 5.27. The summed E-state index contributed by atoms with van der Waals surface area (Å²) in [5.74, 6) is 0.397. The molecule has 1 unspecified atom stereocenters. The van der Waals surface area contributed by atoms with Crippen molar-refractivity contribution in [1.82, 2.24) is 9.97 Å². The molecule has 1 rings (SSSR count). The molecule has 0 amide bonds. The summed E-state index contributed by atoms with van der Waals surface area (Å²) in [5.41, 5.74) is -0.832. The number of aliphatic hydroxyl groups is 1. The Hall–Kier alpha value is -0.880. The van der Waals surface area contributed by atoms with Gasteiger partial charge in [0.1, 0.15) is 12.1 Å². The van der Waals surface area contributed by atoms with Crippen LogP contribution in [0.5, 0.6) is 0 Å². The fourth-order valence-electron chi connectivity index (χ4n) is 1.07. The first-order valence-electron chi connectivity index (χ1n) is 4.46. The van der Waals surface area contributed by atoms with Crippen molar-refractivity contribution in [1.29, 1.82) is 0 Å². The molecule has 0 saturated heterocycles. The summed E-state index contributed by atoms with van der Waals surface area (Å²) < 4.78 is 12.7. The van der Waals surface area contributed by atoms with Gasteiger partial charge in [-0.15, -0.1) is 0 Å². The summed E-state index contributed by atoms with van der Waals surface area (Å²) in [5, 5.41) is 12.7. The van der Waals surface area contributed by atoms with Gasteiger partial charge in [0.15, 0.2) is 0 Å². The van der Waals surface area contributed by atoms with E-state index >= 15 is 0 Å². The summed E-state index contributed by atoms with van der Waals surface area (Å²) >= 11 is 1.55. The van der Waals surface area contributed by atoms with E-state index in [1.165, 1.54) is 6.07 Å². The second-order valence-electron chi connectivity index (χ2n) is 3.51. The highest BCUT2D eigenvalue weighted by atomic mass is 32.2. The normalized spacial score (nSPS) is 14.7. The van der Waals surface area contributed by atoms with Crippen molar-refractivity contribution < 1.29 is 9.50 Å². The van der Waals surface area contributed by atoms with Crippen LogP contribution in [0.2, 0.25) is 0 Å². The third kappa shape index (κ3) is 4.44. The highest BCUT2D eigenvalue weighted by molar-refractivity contribution is 7.98. The van der Waals surface area contributed by atoms with E-state index in [-0.39, 0.29) is 0 Å². The first-order chi connectivity index (χ1) is 7.03. The van der Waals surface area contributed by atoms with Crippen LogP contribution in [0.4, 0.5) is 10.2 Å². The zero-order chi connectivity index (χ0) is 11.3. The topological polar surface area (TPSA) is 58.0 Å². The highest BCUT2D eigenvalue weighted by Crippen LogP contribution is 2.12. The minimum Gasteiger partial charge on any atom is -0.387 e. The summed E-state index contributed by atoms with van der Waals surface area (Å²) in [6.45, 7) is 2.04. The van der Waals surface area contributed by atoms with Gasteiger partial charge >= 0.3 is 0 Å². The van der Waals surface area contributed by atoms with Gasteiger partial charge in [-0.3, -0.25) is 0 Å². The average molecular weight is 231 g/mol. The van der Waals surface area contributed by atoms with Crippen molar-refractivity contribution in [2.45, 2.75) is 12.5 Å². The molecule has 0 spiro atoms. The van der Waals surface area contributed by atoms with Gasteiger partial charge in [-0.05, 0) is 13.2 Å². The van der Waals surface area contributed by atoms with E-state index in [0.29, 0.717) is 18.1 Å².